The standard InChI is InChI=1S/C12H14ClF3N2O.ClH/c13-8-1-2-10(19)9(7-8)11(12(14,15)16)18-5-3-17-4-6-18;/h1-2,7,11,17,19H,3-6H2;1H/t11-;/m0./s1. The quantitative estimate of drug-likeness (QED) is 0.875. The maximum Gasteiger partial charge on any atom is 0.408 e. The summed E-state index contributed by atoms with van der Waals surface area (Å²) < 4.78 is 39.9. The Bertz CT molecular complexity index is 451. The molecule has 1 atom stereocenters. The van der Waals surface area contributed by atoms with E-state index in [4.69, 9.17) is 11.6 Å². The molecule has 114 valence electrons. The summed E-state index contributed by atoms with van der Waals surface area (Å²) >= 11 is 5.74. The van der Waals surface area contributed by atoms with E-state index in [0.29, 0.717) is 13.1 Å². The van der Waals surface area contributed by atoms with Gasteiger partial charge in [-0.2, -0.15) is 13.2 Å². The van der Waals surface area contributed by atoms with Crippen LogP contribution in [-0.2, 0) is 0 Å². The summed E-state index contributed by atoms with van der Waals surface area (Å²) in [6.45, 7) is 1.54. The molecule has 1 saturated heterocycles. The van der Waals surface area contributed by atoms with E-state index in [2.05, 4.69) is 5.32 Å². The fourth-order valence-electron chi connectivity index (χ4n) is 2.26. The predicted molar refractivity (Wildman–Crippen MR) is 73.6 cm³/mol. The zero-order valence-corrected chi connectivity index (χ0v) is 12.0. The van der Waals surface area contributed by atoms with Crippen LogP contribution in [-0.4, -0.2) is 42.4 Å². The summed E-state index contributed by atoms with van der Waals surface area (Å²) in [7, 11) is 0. The molecule has 3 nitrogen and oxygen atoms in total. The van der Waals surface area contributed by atoms with Gasteiger partial charge in [0, 0.05) is 36.8 Å². The van der Waals surface area contributed by atoms with Crippen molar-refractivity contribution >= 4 is 24.0 Å². The SMILES string of the molecule is Cl.Oc1ccc(Cl)cc1[C@H](N1CCNCC1)C(F)(F)F. The number of phenols is 1. The highest BCUT2D eigenvalue weighted by atomic mass is 35.5. The van der Waals surface area contributed by atoms with Gasteiger partial charge in [0.2, 0.25) is 0 Å². The second-order valence-corrected chi connectivity index (χ2v) is 4.87. The number of rotatable bonds is 2. The number of hydrogen-bond acceptors (Lipinski definition) is 3. The Morgan fingerprint density at radius 3 is 2.40 bits per heavy atom. The Kier molecular flexibility index (Phi) is 5.94. The van der Waals surface area contributed by atoms with Gasteiger partial charge in [-0.1, -0.05) is 11.6 Å². The largest absolute Gasteiger partial charge is 0.508 e. The van der Waals surface area contributed by atoms with Crippen LogP contribution in [0.15, 0.2) is 18.2 Å². The van der Waals surface area contributed by atoms with Gasteiger partial charge in [0.1, 0.15) is 11.8 Å². The third-order valence-corrected chi connectivity index (χ3v) is 3.35. The van der Waals surface area contributed by atoms with Crippen molar-refractivity contribution in [3.63, 3.8) is 0 Å². The topological polar surface area (TPSA) is 35.5 Å². The molecular formula is C12H15Cl2F3N2O. The van der Waals surface area contributed by atoms with Crippen LogP contribution in [0.25, 0.3) is 0 Å². The van der Waals surface area contributed by atoms with Crippen molar-refractivity contribution in [3.05, 3.63) is 28.8 Å². The number of benzene rings is 1. The van der Waals surface area contributed by atoms with E-state index in [1.54, 1.807) is 0 Å². The maximum absolute atomic E-state index is 13.3. The van der Waals surface area contributed by atoms with Gasteiger partial charge >= 0.3 is 6.18 Å². The van der Waals surface area contributed by atoms with Crippen LogP contribution in [0.4, 0.5) is 13.2 Å². The van der Waals surface area contributed by atoms with Crippen molar-refractivity contribution in [1.82, 2.24) is 10.2 Å². The molecule has 2 rings (SSSR count). The monoisotopic (exact) mass is 330 g/mol. The molecule has 1 aliphatic heterocycles. The highest BCUT2D eigenvalue weighted by Crippen LogP contribution is 2.42. The van der Waals surface area contributed by atoms with E-state index in [1.165, 1.54) is 23.1 Å². The number of hydrogen-bond donors (Lipinski definition) is 2. The lowest BCUT2D eigenvalue weighted by atomic mass is 10.0. The molecule has 8 heteroatoms. The molecule has 0 aromatic heterocycles. The predicted octanol–water partition coefficient (Wildman–Crippen LogP) is 2.98. The van der Waals surface area contributed by atoms with Gasteiger partial charge < -0.3 is 10.4 Å². The summed E-state index contributed by atoms with van der Waals surface area (Å²) in [5, 5.41) is 12.9. The Labute approximate surface area is 126 Å². The van der Waals surface area contributed by atoms with E-state index >= 15 is 0 Å². The highest BCUT2D eigenvalue weighted by molar-refractivity contribution is 6.30. The van der Waals surface area contributed by atoms with Gasteiger partial charge in [-0.25, -0.2) is 0 Å². The summed E-state index contributed by atoms with van der Waals surface area (Å²) in [6, 6.07) is 1.91. The van der Waals surface area contributed by atoms with Crippen LogP contribution in [0.2, 0.25) is 5.02 Å². The lowest BCUT2D eigenvalue weighted by Gasteiger charge is -2.36. The average molecular weight is 331 g/mol. The van der Waals surface area contributed by atoms with E-state index in [0.717, 1.165) is 0 Å². The minimum absolute atomic E-state index is 0. The van der Waals surface area contributed by atoms with E-state index in [9.17, 15) is 18.3 Å². The van der Waals surface area contributed by atoms with Gasteiger partial charge in [0.15, 0.2) is 0 Å². The number of phenolic OH excluding ortho intramolecular Hbond substituents is 1. The molecule has 0 saturated carbocycles. The van der Waals surface area contributed by atoms with Gasteiger partial charge in [0.05, 0.1) is 0 Å². The van der Waals surface area contributed by atoms with Gasteiger partial charge in [0.25, 0.3) is 0 Å². The number of aromatic hydroxyl groups is 1. The molecule has 0 unspecified atom stereocenters. The Morgan fingerprint density at radius 2 is 1.85 bits per heavy atom. The van der Waals surface area contributed by atoms with Crippen molar-refractivity contribution in [2.75, 3.05) is 26.2 Å². The summed E-state index contributed by atoms with van der Waals surface area (Å²) in [6.07, 6.45) is -4.46. The number of halogens is 5. The smallest absolute Gasteiger partial charge is 0.408 e. The number of nitrogens with zero attached hydrogens (tertiary/aromatic N) is 1. The molecule has 20 heavy (non-hydrogen) atoms. The molecule has 1 aromatic carbocycles. The fourth-order valence-corrected chi connectivity index (χ4v) is 2.45. The van der Waals surface area contributed by atoms with E-state index in [-0.39, 0.29) is 41.8 Å². The molecule has 0 aliphatic carbocycles. The molecule has 0 spiro atoms. The van der Waals surface area contributed by atoms with E-state index in [1.807, 2.05) is 0 Å². The van der Waals surface area contributed by atoms with Crippen LogP contribution in [0, 0.1) is 0 Å². The molecule has 0 bridgehead atoms. The highest BCUT2D eigenvalue weighted by Gasteiger charge is 2.46. The van der Waals surface area contributed by atoms with Crippen LogP contribution < -0.4 is 5.32 Å². The normalized spacial score (nSPS) is 18.4. The first-order chi connectivity index (χ1) is 8.89. The first kappa shape index (κ1) is 17.4. The molecule has 0 radical (unpaired) electrons. The third-order valence-electron chi connectivity index (χ3n) is 3.11. The van der Waals surface area contributed by atoms with Gasteiger partial charge in [-0.3, -0.25) is 4.90 Å². The molecule has 1 aliphatic rings. The van der Waals surface area contributed by atoms with Crippen LogP contribution in [0.5, 0.6) is 5.75 Å². The molecular weight excluding hydrogens is 316 g/mol. The summed E-state index contributed by atoms with van der Waals surface area (Å²) in [4.78, 5) is 1.31. The second-order valence-electron chi connectivity index (χ2n) is 4.43. The Hall–Kier alpha value is -0.690. The summed E-state index contributed by atoms with van der Waals surface area (Å²) in [5.74, 6) is -0.384. The average Bonchev–Trinajstić information content (AvgIpc) is 2.33. The Balaban J connectivity index is 0.00000200. The van der Waals surface area contributed by atoms with Gasteiger partial charge in [-0.15, -0.1) is 12.4 Å². The molecule has 1 aromatic rings. The van der Waals surface area contributed by atoms with Crippen LogP contribution in [0.3, 0.4) is 0 Å². The number of piperazine rings is 1. The first-order valence-corrected chi connectivity index (χ1v) is 6.27. The van der Waals surface area contributed by atoms with Crippen molar-refractivity contribution in [2.24, 2.45) is 0 Å². The van der Waals surface area contributed by atoms with Crippen LogP contribution >= 0.6 is 24.0 Å². The number of alkyl halides is 3. The van der Waals surface area contributed by atoms with Gasteiger partial charge in [-0.05, 0) is 18.2 Å². The minimum Gasteiger partial charge on any atom is -0.508 e. The first-order valence-electron chi connectivity index (χ1n) is 5.89. The zero-order valence-electron chi connectivity index (χ0n) is 10.5. The lowest BCUT2D eigenvalue weighted by molar-refractivity contribution is -0.188. The van der Waals surface area contributed by atoms with Crippen molar-refractivity contribution in [3.8, 4) is 5.75 Å². The molecule has 0 amide bonds. The van der Waals surface area contributed by atoms with Crippen LogP contribution in [0.1, 0.15) is 11.6 Å². The number of nitrogens with one attached hydrogen (secondary N) is 1. The second kappa shape index (κ2) is 6.85. The fraction of sp³-hybridized carbons (Fsp3) is 0.500. The molecule has 1 fully saturated rings. The van der Waals surface area contributed by atoms with Crippen molar-refractivity contribution in [2.45, 2.75) is 12.2 Å². The lowest BCUT2D eigenvalue weighted by Crippen LogP contribution is -2.49. The Morgan fingerprint density at radius 1 is 1.25 bits per heavy atom. The molecule has 1 heterocycles. The van der Waals surface area contributed by atoms with Crippen molar-refractivity contribution < 1.29 is 18.3 Å². The molecule has 2 N–H and O–H groups in total. The maximum atomic E-state index is 13.3. The summed E-state index contributed by atoms with van der Waals surface area (Å²) in [5.41, 5.74) is -0.193. The zero-order chi connectivity index (χ0) is 14.0. The van der Waals surface area contributed by atoms with E-state index < -0.39 is 12.2 Å². The third kappa shape index (κ3) is 3.91. The van der Waals surface area contributed by atoms with Crippen molar-refractivity contribution in [1.29, 1.82) is 0 Å². The minimum atomic E-state index is -4.46.